The molecule has 0 aromatic heterocycles. The maximum absolute atomic E-state index is 12.9. The minimum atomic E-state index is -1.65. The quantitative estimate of drug-likeness (QED) is 0.0195. The zero-order valence-electron chi connectivity index (χ0n) is 57.9. The lowest BCUT2D eigenvalue weighted by Gasteiger charge is -2.26. The third kappa shape index (κ3) is 71.2. The number of rotatable bonds is 62. The highest BCUT2D eigenvalue weighted by atomic mass is 16.7. The van der Waals surface area contributed by atoms with Crippen LogP contribution in [0, 0.1) is 0 Å². The highest BCUT2D eigenvalue weighted by molar-refractivity contribution is 5.70. The number of aliphatic carboxylic acids is 1. The number of carboxylic acid groups (broad SMARTS) is 1. The number of likely N-dealkylation sites (N-methyl/N-ethyl adjacent to an activating group) is 1. The Morgan fingerprint density at radius 1 is 0.330 bits per heavy atom. The van der Waals surface area contributed by atoms with Crippen molar-refractivity contribution in [3.8, 4) is 0 Å². The van der Waals surface area contributed by atoms with Gasteiger partial charge >= 0.3 is 11.9 Å². The lowest BCUT2D eigenvalue weighted by Crippen LogP contribution is -2.44. The summed E-state index contributed by atoms with van der Waals surface area (Å²) in [7, 11) is 5.90. The smallest absolute Gasteiger partial charge is 0.306 e. The molecule has 0 heterocycles. The minimum Gasteiger partial charge on any atom is -0.545 e. The number of esters is 2. The topological polar surface area (TPSA) is 111 Å². The Balaban J connectivity index is 4.28. The van der Waals surface area contributed by atoms with E-state index >= 15 is 0 Å². The fourth-order valence-electron chi connectivity index (χ4n) is 8.72. The molecule has 2 unspecified atom stereocenters. The van der Waals surface area contributed by atoms with Crippen molar-refractivity contribution in [3.63, 3.8) is 0 Å². The summed E-state index contributed by atoms with van der Waals surface area (Å²) >= 11 is 0. The first-order valence-corrected chi connectivity index (χ1v) is 35.2. The van der Waals surface area contributed by atoms with Crippen LogP contribution in [0.1, 0.15) is 232 Å². The monoisotopic (exact) mass is 1250 g/mol. The van der Waals surface area contributed by atoms with E-state index in [0.717, 1.165) is 161 Å². The molecular weight excluding hydrogens is 1130 g/mol. The first kappa shape index (κ1) is 84.9. The van der Waals surface area contributed by atoms with Gasteiger partial charge in [0, 0.05) is 12.8 Å². The molecule has 2 atom stereocenters. The Morgan fingerprint density at radius 3 is 0.890 bits per heavy atom. The van der Waals surface area contributed by atoms with E-state index in [1.807, 2.05) is 21.1 Å². The molecule has 9 nitrogen and oxygen atoms in total. The number of hydrogen-bond donors (Lipinski definition) is 0. The molecule has 0 aromatic rings. The van der Waals surface area contributed by atoms with Crippen LogP contribution in [0.2, 0.25) is 0 Å². The first-order valence-electron chi connectivity index (χ1n) is 35.2. The van der Waals surface area contributed by atoms with Gasteiger partial charge in [-0.1, -0.05) is 278 Å². The molecule has 0 aliphatic carbocycles. The third-order valence-electron chi connectivity index (χ3n) is 14.0. The summed E-state index contributed by atoms with van der Waals surface area (Å²) in [5.74, 6) is -2.36. The highest BCUT2D eigenvalue weighted by Crippen LogP contribution is 2.14. The summed E-state index contributed by atoms with van der Waals surface area (Å²) in [6.07, 6.45) is 106. The number of allylic oxidation sites excluding steroid dienone is 34. The molecule has 0 aliphatic heterocycles. The number of carboxylic acids is 1. The number of nitrogens with zero attached hydrogens (tertiary/aromatic N) is 1. The summed E-state index contributed by atoms with van der Waals surface area (Å²) in [5, 5.41) is 11.8. The summed E-state index contributed by atoms with van der Waals surface area (Å²) in [5.41, 5.74) is 0. The Kier molecular flexibility index (Phi) is 65.1. The van der Waals surface area contributed by atoms with Crippen molar-refractivity contribution in [2.24, 2.45) is 0 Å². The van der Waals surface area contributed by atoms with Crippen LogP contribution >= 0.6 is 0 Å². The summed E-state index contributed by atoms with van der Waals surface area (Å²) < 4.78 is 22.7. The van der Waals surface area contributed by atoms with Crippen LogP contribution in [-0.2, 0) is 33.3 Å². The van der Waals surface area contributed by atoms with E-state index < -0.39 is 24.3 Å². The molecule has 0 aliphatic rings. The van der Waals surface area contributed by atoms with Gasteiger partial charge in [-0.3, -0.25) is 9.59 Å². The maximum Gasteiger partial charge on any atom is 0.306 e. The standard InChI is InChI=1S/C82H127NO8/c1-6-8-10-12-14-16-18-20-22-24-26-28-30-32-34-36-38-39-40-41-43-44-46-48-50-52-54-56-58-60-62-64-66-68-70-72-79(84)89-76-78(77-90-82(81(86)87)88-75-74-83(3,4)5)91-80(85)73-71-69-67-65-63-61-59-57-55-53-51-49-47-45-42-37-35-33-31-29-27-25-23-21-19-17-15-13-11-9-7-2/h8-11,14-17,20-23,26-29,32-35,38-39,41-43,45-46,48-49,51,55,57,61,63,78,82H,6-7,12-13,18-19,24-25,30-31,36-37,40,44,47,50,52-54,56,58-60,62,64-77H2,1-5H3/b10-8-,11-9-,16-14-,17-15-,22-20-,23-21-,28-26-,29-27-,34-32-,35-33-,39-38-,43-41-,45-42-,48-46-,51-49-,57-55-,63-61-. The van der Waals surface area contributed by atoms with Crippen molar-refractivity contribution in [2.45, 2.75) is 245 Å². The lowest BCUT2D eigenvalue weighted by molar-refractivity contribution is -0.870. The summed E-state index contributed by atoms with van der Waals surface area (Å²) in [4.78, 5) is 37.5. The van der Waals surface area contributed by atoms with Crippen LogP contribution in [0.25, 0.3) is 0 Å². The zero-order valence-corrected chi connectivity index (χ0v) is 57.9. The third-order valence-corrected chi connectivity index (χ3v) is 14.0. The second kappa shape index (κ2) is 69.8. The normalized spacial score (nSPS) is 14.0. The second-order valence-corrected chi connectivity index (χ2v) is 23.7. The van der Waals surface area contributed by atoms with Gasteiger partial charge in [0.15, 0.2) is 12.4 Å². The second-order valence-electron chi connectivity index (χ2n) is 23.7. The lowest BCUT2D eigenvalue weighted by atomic mass is 10.1. The average molecular weight is 1250 g/mol. The number of carbonyl (C=O) groups excluding carboxylic acids is 3. The van der Waals surface area contributed by atoms with E-state index in [9.17, 15) is 19.5 Å². The van der Waals surface area contributed by atoms with E-state index in [-0.39, 0.29) is 38.6 Å². The van der Waals surface area contributed by atoms with Crippen LogP contribution in [-0.4, -0.2) is 82.3 Å². The van der Waals surface area contributed by atoms with Crippen molar-refractivity contribution in [2.75, 3.05) is 47.5 Å². The zero-order chi connectivity index (χ0) is 66.1. The minimum absolute atomic E-state index is 0.128. The van der Waals surface area contributed by atoms with Gasteiger partial charge in [0.1, 0.15) is 13.2 Å². The van der Waals surface area contributed by atoms with Crippen molar-refractivity contribution >= 4 is 17.9 Å². The molecule has 9 heteroatoms. The average Bonchev–Trinajstić information content (AvgIpc) is 3.65. The van der Waals surface area contributed by atoms with Gasteiger partial charge in [-0.25, -0.2) is 0 Å². The van der Waals surface area contributed by atoms with Crippen LogP contribution in [0.15, 0.2) is 207 Å². The van der Waals surface area contributed by atoms with Gasteiger partial charge in [0.05, 0.1) is 40.3 Å². The molecule has 0 fully saturated rings. The Bertz CT molecular complexity index is 2250. The summed E-state index contributed by atoms with van der Waals surface area (Å²) in [6.45, 7) is 4.45. The van der Waals surface area contributed by atoms with Crippen LogP contribution in [0.3, 0.4) is 0 Å². The molecule has 0 radical (unpaired) electrons. The predicted octanol–water partition coefficient (Wildman–Crippen LogP) is 21.0. The number of ether oxygens (including phenoxy) is 4. The van der Waals surface area contributed by atoms with Gasteiger partial charge in [0.25, 0.3) is 0 Å². The van der Waals surface area contributed by atoms with Gasteiger partial charge in [0.2, 0.25) is 0 Å². The molecular formula is C82H127NO8. The number of unbranched alkanes of at least 4 members (excludes halogenated alkanes) is 13. The molecule has 0 amide bonds. The van der Waals surface area contributed by atoms with E-state index in [4.69, 9.17) is 18.9 Å². The van der Waals surface area contributed by atoms with Gasteiger partial charge in [-0.15, -0.1) is 0 Å². The fourth-order valence-corrected chi connectivity index (χ4v) is 8.72. The Morgan fingerprint density at radius 2 is 0.593 bits per heavy atom. The van der Waals surface area contributed by atoms with E-state index in [2.05, 4.69) is 220 Å². The van der Waals surface area contributed by atoms with Crippen LogP contribution < -0.4 is 5.11 Å². The van der Waals surface area contributed by atoms with Gasteiger partial charge in [-0.2, -0.15) is 0 Å². The molecule has 0 N–H and O–H groups in total. The Labute approximate surface area is 556 Å². The van der Waals surface area contributed by atoms with Gasteiger partial charge in [-0.05, 0) is 148 Å². The number of quaternary nitrogens is 1. The fraction of sp³-hybridized carbons (Fsp3) is 0.549. The molecule has 0 bridgehead atoms. The molecule has 91 heavy (non-hydrogen) atoms. The predicted molar refractivity (Wildman–Crippen MR) is 388 cm³/mol. The molecule has 0 rings (SSSR count). The van der Waals surface area contributed by atoms with Crippen LogP contribution in [0.4, 0.5) is 0 Å². The van der Waals surface area contributed by atoms with E-state index in [0.29, 0.717) is 17.4 Å². The Hall–Kier alpha value is -6.13. The SMILES string of the molecule is CC/C=C\C/C=C\C/C=C\C/C=C\C/C=C\C/C=C\C/C=C\C/C=C\C/C=C\CCCCCC(=O)OC(COC(=O)CCCCCCCCCCCC/C=C\C/C=C\C/C=C\C/C=C\C/C=C\C/C=C\C/C=C\C/C=C\CC)COC(OCC[N+](C)(C)C)C(=O)[O-]. The molecule has 0 saturated heterocycles. The van der Waals surface area contributed by atoms with Crippen molar-refractivity contribution in [3.05, 3.63) is 207 Å². The van der Waals surface area contributed by atoms with Crippen molar-refractivity contribution in [1.29, 1.82) is 0 Å². The maximum atomic E-state index is 12.9. The molecule has 0 spiro atoms. The van der Waals surface area contributed by atoms with Crippen molar-refractivity contribution < 1.29 is 42.9 Å². The van der Waals surface area contributed by atoms with Crippen molar-refractivity contribution in [1.82, 2.24) is 0 Å². The number of carbonyl (C=O) groups is 3. The molecule has 0 aromatic carbocycles. The summed E-state index contributed by atoms with van der Waals surface area (Å²) in [6, 6.07) is 0. The highest BCUT2D eigenvalue weighted by Gasteiger charge is 2.22. The van der Waals surface area contributed by atoms with Crippen LogP contribution in [0.5, 0.6) is 0 Å². The van der Waals surface area contributed by atoms with Gasteiger partial charge < -0.3 is 33.3 Å². The first-order chi connectivity index (χ1) is 44.6. The molecule has 0 saturated carbocycles. The number of hydrogen-bond acceptors (Lipinski definition) is 8. The largest absolute Gasteiger partial charge is 0.545 e. The van der Waals surface area contributed by atoms with E-state index in [1.54, 1.807) is 0 Å². The van der Waals surface area contributed by atoms with E-state index in [1.165, 1.54) is 38.5 Å². The molecule has 508 valence electrons.